The summed E-state index contributed by atoms with van der Waals surface area (Å²) >= 11 is 5.99. The maximum atomic E-state index is 11.2. The molecule has 2 aromatic carbocycles. The van der Waals surface area contributed by atoms with E-state index < -0.39 is 10.0 Å². The first-order valence-corrected chi connectivity index (χ1v) is 6.70. The average molecular weight is 267 g/mol. The molecule has 0 aliphatic carbocycles. The van der Waals surface area contributed by atoms with Crippen molar-refractivity contribution in [2.75, 3.05) is 0 Å². The highest BCUT2D eigenvalue weighted by molar-refractivity contribution is 7.89. The molecule has 3 nitrogen and oxygen atoms in total. The quantitative estimate of drug-likeness (QED) is 0.908. The summed E-state index contributed by atoms with van der Waals surface area (Å²) in [6.45, 7) is 0. The van der Waals surface area contributed by atoms with Crippen LogP contribution in [0.4, 0.5) is 0 Å². The number of rotatable bonds is 2. The molecule has 0 saturated carbocycles. The van der Waals surface area contributed by atoms with Gasteiger partial charge in [-0.3, -0.25) is 0 Å². The van der Waals surface area contributed by atoms with Gasteiger partial charge in [0.25, 0.3) is 0 Å². The van der Waals surface area contributed by atoms with E-state index in [2.05, 4.69) is 6.07 Å². The molecular formula is C12H9ClNO2S. The largest absolute Gasteiger partial charge is 0.238 e. The van der Waals surface area contributed by atoms with E-state index in [4.69, 9.17) is 16.7 Å². The Morgan fingerprint density at radius 3 is 2.59 bits per heavy atom. The van der Waals surface area contributed by atoms with Crippen molar-refractivity contribution in [2.45, 2.75) is 4.90 Å². The summed E-state index contributed by atoms with van der Waals surface area (Å²) in [5, 5.41) is 5.52. The minimum atomic E-state index is -3.70. The van der Waals surface area contributed by atoms with Gasteiger partial charge in [-0.15, -0.1) is 0 Å². The van der Waals surface area contributed by atoms with Crippen molar-refractivity contribution in [1.82, 2.24) is 0 Å². The number of halogens is 1. The lowest BCUT2D eigenvalue weighted by molar-refractivity contribution is 0.598. The molecule has 0 aromatic heterocycles. The SMILES string of the molecule is NS(=O)(=O)c1cccc(-c2ccc[c]c2Cl)c1. The minimum Gasteiger partial charge on any atom is -0.225 e. The molecule has 17 heavy (non-hydrogen) atoms. The lowest BCUT2D eigenvalue weighted by Gasteiger charge is -2.05. The highest BCUT2D eigenvalue weighted by atomic mass is 35.5. The molecule has 2 N–H and O–H groups in total. The third-order valence-electron chi connectivity index (χ3n) is 2.28. The van der Waals surface area contributed by atoms with E-state index in [1.807, 2.05) is 0 Å². The van der Waals surface area contributed by atoms with Crippen LogP contribution in [0.5, 0.6) is 0 Å². The smallest absolute Gasteiger partial charge is 0.225 e. The molecule has 2 rings (SSSR count). The summed E-state index contributed by atoms with van der Waals surface area (Å²) in [6.07, 6.45) is 0. The van der Waals surface area contributed by atoms with Crippen LogP contribution >= 0.6 is 11.6 Å². The van der Waals surface area contributed by atoms with E-state index in [-0.39, 0.29) is 4.90 Å². The number of sulfonamides is 1. The van der Waals surface area contributed by atoms with Crippen molar-refractivity contribution in [3.05, 3.63) is 53.6 Å². The molecule has 0 fully saturated rings. The number of hydrogen-bond donors (Lipinski definition) is 1. The normalized spacial score (nSPS) is 11.4. The molecule has 0 atom stereocenters. The molecule has 1 radical (unpaired) electrons. The van der Waals surface area contributed by atoms with Gasteiger partial charge in [0.15, 0.2) is 0 Å². The topological polar surface area (TPSA) is 60.2 Å². The Morgan fingerprint density at radius 2 is 1.94 bits per heavy atom. The van der Waals surface area contributed by atoms with Crippen molar-refractivity contribution >= 4 is 21.6 Å². The van der Waals surface area contributed by atoms with Crippen LogP contribution in [0.3, 0.4) is 0 Å². The highest BCUT2D eigenvalue weighted by Crippen LogP contribution is 2.28. The van der Waals surface area contributed by atoms with E-state index in [0.29, 0.717) is 10.6 Å². The monoisotopic (exact) mass is 266 g/mol. The number of benzene rings is 2. The zero-order valence-electron chi connectivity index (χ0n) is 8.72. The molecule has 0 heterocycles. The molecule has 0 bridgehead atoms. The highest BCUT2D eigenvalue weighted by Gasteiger charge is 2.10. The first-order valence-electron chi connectivity index (χ1n) is 4.78. The first kappa shape index (κ1) is 12.1. The zero-order chi connectivity index (χ0) is 12.5. The van der Waals surface area contributed by atoms with Crippen LogP contribution in [0.2, 0.25) is 5.02 Å². The van der Waals surface area contributed by atoms with Gasteiger partial charge in [0.05, 0.1) is 9.92 Å². The van der Waals surface area contributed by atoms with Crippen LogP contribution in [0.15, 0.2) is 47.4 Å². The summed E-state index contributed by atoms with van der Waals surface area (Å²) < 4.78 is 22.5. The molecule has 5 heteroatoms. The van der Waals surface area contributed by atoms with E-state index in [0.717, 1.165) is 5.56 Å². The Balaban J connectivity index is 2.59. The Labute approximate surface area is 105 Å². The molecule has 0 aliphatic rings. The second-order valence-electron chi connectivity index (χ2n) is 3.47. The van der Waals surface area contributed by atoms with Gasteiger partial charge in [0.1, 0.15) is 0 Å². The second kappa shape index (κ2) is 4.49. The van der Waals surface area contributed by atoms with Crippen molar-refractivity contribution in [3.63, 3.8) is 0 Å². The van der Waals surface area contributed by atoms with Gasteiger partial charge in [-0.25, -0.2) is 13.6 Å². The Morgan fingerprint density at radius 1 is 1.18 bits per heavy atom. The Hall–Kier alpha value is -1.36. The molecule has 2 aromatic rings. The van der Waals surface area contributed by atoms with E-state index >= 15 is 0 Å². The van der Waals surface area contributed by atoms with Crippen LogP contribution in [0, 0.1) is 6.07 Å². The standard InChI is InChI=1S/C12H9ClNO2S/c13-12-7-2-1-6-11(12)9-4-3-5-10(8-9)17(14,15)16/h1-6,8H,(H2,14,15,16). The van der Waals surface area contributed by atoms with Crippen molar-refractivity contribution in [1.29, 1.82) is 0 Å². The van der Waals surface area contributed by atoms with Crippen molar-refractivity contribution < 1.29 is 8.42 Å². The molecule has 0 saturated heterocycles. The van der Waals surface area contributed by atoms with Crippen LogP contribution in [-0.2, 0) is 10.0 Å². The third kappa shape index (κ3) is 2.66. The molecule has 87 valence electrons. The summed E-state index contributed by atoms with van der Waals surface area (Å²) in [5.74, 6) is 0. The van der Waals surface area contributed by atoms with Crippen molar-refractivity contribution in [3.8, 4) is 11.1 Å². The summed E-state index contributed by atoms with van der Waals surface area (Å²) in [7, 11) is -3.70. The van der Waals surface area contributed by atoms with E-state index in [1.54, 1.807) is 30.3 Å². The Bertz CT molecular complexity index is 653. The first-order chi connectivity index (χ1) is 7.98. The lowest BCUT2D eigenvalue weighted by atomic mass is 10.1. The van der Waals surface area contributed by atoms with Crippen LogP contribution in [-0.4, -0.2) is 8.42 Å². The van der Waals surface area contributed by atoms with Crippen LogP contribution in [0.1, 0.15) is 0 Å². The van der Waals surface area contributed by atoms with Gasteiger partial charge in [0, 0.05) is 11.6 Å². The van der Waals surface area contributed by atoms with Gasteiger partial charge >= 0.3 is 0 Å². The predicted octanol–water partition coefficient (Wildman–Crippen LogP) is 2.45. The molecule has 0 aliphatic heterocycles. The van der Waals surface area contributed by atoms with Gasteiger partial charge in [-0.1, -0.05) is 41.9 Å². The van der Waals surface area contributed by atoms with Gasteiger partial charge in [-0.05, 0) is 17.7 Å². The van der Waals surface area contributed by atoms with E-state index in [9.17, 15) is 8.42 Å². The van der Waals surface area contributed by atoms with E-state index in [1.165, 1.54) is 12.1 Å². The molecule has 0 unspecified atom stereocenters. The summed E-state index contributed by atoms with van der Waals surface area (Å²) in [6, 6.07) is 14.4. The van der Waals surface area contributed by atoms with Crippen LogP contribution < -0.4 is 5.14 Å². The van der Waals surface area contributed by atoms with Crippen LogP contribution in [0.25, 0.3) is 11.1 Å². The number of primary sulfonamides is 1. The summed E-state index contributed by atoms with van der Waals surface area (Å²) in [5.41, 5.74) is 1.41. The zero-order valence-corrected chi connectivity index (χ0v) is 10.3. The van der Waals surface area contributed by atoms with Crippen molar-refractivity contribution in [2.24, 2.45) is 5.14 Å². The fraction of sp³-hybridized carbons (Fsp3) is 0. The molecular weight excluding hydrogens is 258 g/mol. The fourth-order valence-corrected chi connectivity index (χ4v) is 2.27. The minimum absolute atomic E-state index is 0.0647. The maximum absolute atomic E-state index is 11.2. The maximum Gasteiger partial charge on any atom is 0.238 e. The number of hydrogen-bond acceptors (Lipinski definition) is 2. The van der Waals surface area contributed by atoms with Gasteiger partial charge in [0.2, 0.25) is 10.0 Å². The number of nitrogens with two attached hydrogens (primary N) is 1. The van der Waals surface area contributed by atoms with Gasteiger partial charge < -0.3 is 0 Å². The van der Waals surface area contributed by atoms with Gasteiger partial charge in [-0.2, -0.15) is 0 Å². The average Bonchev–Trinajstić information content (AvgIpc) is 2.29. The molecule has 0 amide bonds. The predicted molar refractivity (Wildman–Crippen MR) is 67.1 cm³/mol. The molecule has 0 spiro atoms. The lowest BCUT2D eigenvalue weighted by Crippen LogP contribution is -2.11. The fourth-order valence-electron chi connectivity index (χ4n) is 1.48. The second-order valence-corrected chi connectivity index (χ2v) is 5.41. The summed E-state index contributed by atoms with van der Waals surface area (Å²) in [4.78, 5) is 0.0647. The Kier molecular flexibility index (Phi) is 3.19. The third-order valence-corrected chi connectivity index (χ3v) is 3.50.